The highest BCUT2D eigenvalue weighted by molar-refractivity contribution is 8.14. The number of thioether (sulfide) groups is 1. The highest BCUT2D eigenvalue weighted by atomic mass is 32.2. The van der Waals surface area contributed by atoms with Gasteiger partial charge in [-0.2, -0.15) is 5.10 Å². The molecule has 2 aromatic rings. The van der Waals surface area contributed by atoms with Crippen molar-refractivity contribution in [2.75, 3.05) is 0 Å². The minimum atomic E-state index is -0.478. The van der Waals surface area contributed by atoms with Crippen LogP contribution in [-0.4, -0.2) is 15.1 Å². The molecule has 7 heteroatoms. The van der Waals surface area contributed by atoms with Crippen LogP contribution in [0, 0.1) is 10.1 Å². The standard InChI is InChI=1S/C15H13N3O3S/c19-13-7-6-11(18(20)21)9-12(13)15-17-16-14(22-15)8-10-4-2-1-3-5-10/h1-7,9,15,17,19H,8H2/t15-/m1/s1. The average Bonchev–Trinajstić information content (AvgIpc) is 2.97. The van der Waals surface area contributed by atoms with E-state index >= 15 is 0 Å². The molecule has 22 heavy (non-hydrogen) atoms. The number of nitro groups is 1. The number of benzene rings is 2. The molecule has 2 N–H and O–H groups in total. The first-order valence-corrected chi connectivity index (χ1v) is 7.51. The van der Waals surface area contributed by atoms with Gasteiger partial charge in [-0.3, -0.25) is 15.5 Å². The summed E-state index contributed by atoms with van der Waals surface area (Å²) in [5.74, 6) is 0.0201. The zero-order valence-corrected chi connectivity index (χ0v) is 12.3. The Balaban J connectivity index is 1.74. The zero-order chi connectivity index (χ0) is 15.5. The Labute approximate surface area is 131 Å². The van der Waals surface area contributed by atoms with Gasteiger partial charge < -0.3 is 5.11 Å². The minimum Gasteiger partial charge on any atom is -0.508 e. The topological polar surface area (TPSA) is 87.8 Å². The summed E-state index contributed by atoms with van der Waals surface area (Å²) in [6, 6.07) is 13.9. The molecule has 1 aliphatic rings. The second kappa shape index (κ2) is 6.07. The van der Waals surface area contributed by atoms with Crippen LogP contribution in [0.25, 0.3) is 0 Å². The van der Waals surface area contributed by atoms with Crippen molar-refractivity contribution in [3.05, 3.63) is 69.8 Å². The SMILES string of the molecule is O=[N+]([O-])c1ccc(O)c([C@@H]2NN=C(Cc3ccccc3)S2)c1. The van der Waals surface area contributed by atoms with Gasteiger partial charge in [0.15, 0.2) is 0 Å². The number of nitrogens with zero attached hydrogens (tertiary/aromatic N) is 2. The average molecular weight is 315 g/mol. The van der Waals surface area contributed by atoms with Gasteiger partial charge in [-0.05, 0) is 11.6 Å². The summed E-state index contributed by atoms with van der Waals surface area (Å²) in [6.07, 6.45) is 0.685. The second-order valence-corrected chi connectivity index (χ2v) is 5.97. The monoisotopic (exact) mass is 315 g/mol. The number of hydrogen-bond donors (Lipinski definition) is 2. The Bertz CT molecular complexity index is 734. The molecular weight excluding hydrogens is 302 g/mol. The van der Waals surface area contributed by atoms with Crippen LogP contribution in [0.4, 0.5) is 5.69 Å². The molecule has 0 saturated carbocycles. The summed E-state index contributed by atoms with van der Waals surface area (Å²) in [5.41, 5.74) is 4.47. The molecule has 0 amide bonds. The Morgan fingerprint density at radius 1 is 1.27 bits per heavy atom. The van der Waals surface area contributed by atoms with E-state index in [9.17, 15) is 15.2 Å². The van der Waals surface area contributed by atoms with Crippen LogP contribution in [0.2, 0.25) is 0 Å². The Morgan fingerprint density at radius 3 is 2.77 bits per heavy atom. The lowest BCUT2D eigenvalue weighted by Crippen LogP contribution is -2.07. The first-order chi connectivity index (χ1) is 10.6. The summed E-state index contributed by atoms with van der Waals surface area (Å²) in [5, 5.41) is 25.6. The van der Waals surface area contributed by atoms with Crippen LogP contribution >= 0.6 is 11.8 Å². The first-order valence-electron chi connectivity index (χ1n) is 6.63. The van der Waals surface area contributed by atoms with E-state index in [1.807, 2.05) is 30.3 Å². The lowest BCUT2D eigenvalue weighted by atomic mass is 10.2. The van der Waals surface area contributed by atoms with E-state index in [0.29, 0.717) is 12.0 Å². The van der Waals surface area contributed by atoms with Crippen molar-refractivity contribution in [1.29, 1.82) is 0 Å². The third kappa shape index (κ3) is 3.04. The number of hydrazone groups is 1. The molecule has 1 aliphatic heterocycles. The van der Waals surface area contributed by atoms with E-state index in [-0.39, 0.29) is 16.8 Å². The van der Waals surface area contributed by atoms with Crippen molar-refractivity contribution in [3.8, 4) is 5.75 Å². The van der Waals surface area contributed by atoms with Crippen molar-refractivity contribution in [1.82, 2.24) is 5.43 Å². The number of hydrogen-bond acceptors (Lipinski definition) is 6. The van der Waals surface area contributed by atoms with Crippen LogP contribution in [0.15, 0.2) is 53.6 Å². The number of aromatic hydroxyl groups is 1. The zero-order valence-electron chi connectivity index (χ0n) is 11.5. The maximum absolute atomic E-state index is 10.9. The van der Waals surface area contributed by atoms with Gasteiger partial charge in [0.05, 0.1) is 9.97 Å². The van der Waals surface area contributed by atoms with Gasteiger partial charge in [-0.15, -0.1) is 0 Å². The third-order valence-electron chi connectivity index (χ3n) is 3.26. The van der Waals surface area contributed by atoms with Crippen molar-refractivity contribution >= 4 is 22.5 Å². The molecule has 112 valence electrons. The van der Waals surface area contributed by atoms with Crippen LogP contribution in [0.3, 0.4) is 0 Å². The largest absolute Gasteiger partial charge is 0.508 e. The second-order valence-electron chi connectivity index (χ2n) is 4.80. The molecule has 0 saturated heterocycles. The van der Waals surface area contributed by atoms with E-state index in [2.05, 4.69) is 10.5 Å². The predicted octanol–water partition coefficient (Wildman–Crippen LogP) is 3.19. The fraction of sp³-hybridized carbons (Fsp3) is 0.133. The lowest BCUT2D eigenvalue weighted by molar-refractivity contribution is -0.384. The number of nitrogens with one attached hydrogen (secondary N) is 1. The molecule has 6 nitrogen and oxygen atoms in total. The van der Waals surface area contributed by atoms with E-state index in [0.717, 1.165) is 10.6 Å². The van der Waals surface area contributed by atoms with Gasteiger partial charge in [0.25, 0.3) is 5.69 Å². The molecule has 0 bridgehead atoms. The fourth-order valence-electron chi connectivity index (χ4n) is 2.17. The maximum atomic E-state index is 10.9. The molecule has 1 atom stereocenters. The maximum Gasteiger partial charge on any atom is 0.270 e. The van der Waals surface area contributed by atoms with Crippen molar-refractivity contribution < 1.29 is 10.0 Å². The van der Waals surface area contributed by atoms with Crippen LogP contribution < -0.4 is 5.43 Å². The van der Waals surface area contributed by atoms with Gasteiger partial charge >= 0.3 is 0 Å². The Kier molecular flexibility index (Phi) is 3.97. The van der Waals surface area contributed by atoms with Crippen molar-refractivity contribution in [2.24, 2.45) is 5.10 Å². The molecule has 2 aromatic carbocycles. The molecule has 0 radical (unpaired) electrons. The van der Waals surface area contributed by atoms with E-state index in [1.54, 1.807) is 0 Å². The normalized spacial score (nSPS) is 16.9. The Morgan fingerprint density at radius 2 is 2.05 bits per heavy atom. The van der Waals surface area contributed by atoms with Crippen LogP contribution in [0.1, 0.15) is 16.5 Å². The molecule has 0 aromatic heterocycles. The first kappa shape index (κ1) is 14.4. The molecule has 0 unspecified atom stereocenters. The molecule has 0 fully saturated rings. The summed E-state index contributed by atoms with van der Waals surface area (Å²) in [6.45, 7) is 0. The summed E-state index contributed by atoms with van der Waals surface area (Å²) < 4.78 is 0. The molecule has 1 heterocycles. The molecule has 0 spiro atoms. The van der Waals surface area contributed by atoms with Crippen LogP contribution in [-0.2, 0) is 6.42 Å². The van der Waals surface area contributed by atoms with Gasteiger partial charge in [-0.25, -0.2) is 0 Å². The van der Waals surface area contributed by atoms with E-state index in [4.69, 9.17) is 0 Å². The van der Waals surface area contributed by atoms with Gasteiger partial charge in [0, 0.05) is 24.1 Å². The number of phenols is 1. The third-order valence-corrected chi connectivity index (χ3v) is 4.37. The van der Waals surface area contributed by atoms with E-state index in [1.165, 1.54) is 30.0 Å². The smallest absolute Gasteiger partial charge is 0.270 e. The fourth-order valence-corrected chi connectivity index (χ4v) is 3.22. The van der Waals surface area contributed by atoms with E-state index < -0.39 is 4.92 Å². The Hall–Kier alpha value is -2.54. The highest BCUT2D eigenvalue weighted by Crippen LogP contribution is 2.38. The summed E-state index contributed by atoms with van der Waals surface area (Å²) in [7, 11) is 0. The molecule has 0 aliphatic carbocycles. The van der Waals surface area contributed by atoms with Crippen LogP contribution in [0.5, 0.6) is 5.75 Å². The number of nitro benzene ring substituents is 1. The highest BCUT2D eigenvalue weighted by Gasteiger charge is 2.25. The van der Waals surface area contributed by atoms with Crippen molar-refractivity contribution in [3.63, 3.8) is 0 Å². The van der Waals surface area contributed by atoms with Gasteiger partial charge in [0.2, 0.25) is 0 Å². The van der Waals surface area contributed by atoms with Gasteiger partial charge in [0.1, 0.15) is 11.1 Å². The predicted molar refractivity (Wildman–Crippen MR) is 85.8 cm³/mol. The number of non-ortho nitro benzene ring substituents is 1. The minimum absolute atomic E-state index is 0.0201. The molecular formula is C15H13N3O3S. The lowest BCUT2D eigenvalue weighted by Gasteiger charge is -2.11. The summed E-state index contributed by atoms with van der Waals surface area (Å²) >= 11 is 1.45. The molecule has 3 rings (SSSR count). The quantitative estimate of drug-likeness (QED) is 0.668. The van der Waals surface area contributed by atoms with Crippen molar-refractivity contribution in [2.45, 2.75) is 11.8 Å². The number of phenolic OH excluding ortho intramolecular Hbond substituents is 1. The number of rotatable bonds is 4. The summed E-state index contributed by atoms with van der Waals surface area (Å²) in [4.78, 5) is 10.4. The van der Waals surface area contributed by atoms with Gasteiger partial charge in [-0.1, -0.05) is 42.1 Å².